The normalized spacial score (nSPS) is 11.5. The second kappa shape index (κ2) is 14.7. The van der Waals surface area contributed by atoms with Crippen LogP contribution in [0.15, 0.2) is 224 Å². The van der Waals surface area contributed by atoms with Gasteiger partial charge in [0.1, 0.15) is 0 Å². The Kier molecular flexibility index (Phi) is 8.42. The average molecular weight is 792 g/mol. The van der Waals surface area contributed by atoms with Crippen molar-refractivity contribution in [1.29, 1.82) is 0 Å². The summed E-state index contributed by atoms with van der Waals surface area (Å²) in [7, 11) is 0. The van der Waals surface area contributed by atoms with Crippen LogP contribution in [0.3, 0.4) is 0 Å². The SMILES string of the molecule is c1ccc(-c2ccccc2-c2nc(-c3ccccc3-c3ccccc3)nc(-n3c4ccccc4c4ccc5c6ccccc6n(-c6ccccc6-c6ccccc6)c5c43)n2)cc1. The van der Waals surface area contributed by atoms with Crippen molar-refractivity contribution in [3.8, 4) is 67.8 Å². The first-order valence-corrected chi connectivity index (χ1v) is 21.0. The van der Waals surface area contributed by atoms with Gasteiger partial charge in [-0.05, 0) is 46.0 Å². The first-order chi connectivity index (χ1) is 30.8. The van der Waals surface area contributed by atoms with E-state index in [2.05, 4.69) is 221 Å². The van der Waals surface area contributed by atoms with Gasteiger partial charge in [0.05, 0.1) is 27.8 Å². The van der Waals surface area contributed by atoms with E-state index < -0.39 is 0 Å². The van der Waals surface area contributed by atoms with E-state index in [0.29, 0.717) is 17.6 Å². The summed E-state index contributed by atoms with van der Waals surface area (Å²) in [6.07, 6.45) is 0. The molecule has 0 atom stereocenters. The van der Waals surface area contributed by atoms with Gasteiger partial charge < -0.3 is 4.57 Å². The van der Waals surface area contributed by atoms with E-state index in [9.17, 15) is 0 Å². The second-order valence-corrected chi connectivity index (χ2v) is 15.6. The first-order valence-electron chi connectivity index (χ1n) is 21.0. The zero-order valence-electron chi connectivity index (χ0n) is 33.6. The molecule has 0 bridgehead atoms. The molecule has 12 rings (SSSR count). The quantitative estimate of drug-likeness (QED) is 0.162. The Morgan fingerprint density at radius 2 is 0.629 bits per heavy atom. The molecule has 3 aromatic heterocycles. The van der Waals surface area contributed by atoms with Crippen LogP contribution in [0, 0.1) is 0 Å². The fourth-order valence-corrected chi connectivity index (χ4v) is 9.29. The molecular formula is C57H37N5. The molecule has 12 aromatic rings. The maximum absolute atomic E-state index is 5.52. The molecule has 0 saturated carbocycles. The highest BCUT2D eigenvalue weighted by molar-refractivity contribution is 6.24. The Balaban J connectivity index is 1.23. The molecule has 3 heterocycles. The van der Waals surface area contributed by atoms with Crippen LogP contribution < -0.4 is 0 Å². The highest BCUT2D eigenvalue weighted by Crippen LogP contribution is 2.43. The lowest BCUT2D eigenvalue weighted by atomic mass is 9.98. The minimum Gasteiger partial charge on any atom is -0.307 e. The third kappa shape index (κ3) is 5.75. The Hall–Kier alpha value is -8.41. The van der Waals surface area contributed by atoms with E-state index >= 15 is 0 Å². The molecule has 0 aliphatic heterocycles. The van der Waals surface area contributed by atoms with E-state index in [1.165, 1.54) is 5.39 Å². The van der Waals surface area contributed by atoms with Crippen molar-refractivity contribution in [2.75, 3.05) is 0 Å². The summed E-state index contributed by atoms with van der Waals surface area (Å²) in [6.45, 7) is 0. The summed E-state index contributed by atoms with van der Waals surface area (Å²) < 4.78 is 4.72. The van der Waals surface area contributed by atoms with Gasteiger partial charge in [0.25, 0.3) is 0 Å². The molecule has 0 spiro atoms. The van der Waals surface area contributed by atoms with Crippen LogP contribution in [0.5, 0.6) is 0 Å². The highest BCUT2D eigenvalue weighted by atomic mass is 15.2. The number of hydrogen-bond donors (Lipinski definition) is 0. The fourth-order valence-electron chi connectivity index (χ4n) is 9.29. The topological polar surface area (TPSA) is 48.5 Å². The second-order valence-electron chi connectivity index (χ2n) is 15.6. The average Bonchev–Trinajstić information content (AvgIpc) is 3.88. The number of fused-ring (bicyclic) bond motifs is 7. The van der Waals surface area contributed by atoms with Gasteiger partial charge in [0.15, 0.2) is 11.6 Å². The van der Waals surface area contributed by atoms with E-state index in [1.807, 2.05) is 12.1 Å². The predicted octanol–water partition coefficient (Wildman–Crippen LogP) is 14.4. The van der Waals surface area contributed by atoms with Crippen LogP contribution >= 0.6 is 0 Å². The zero-order chi connectivity index (χ0) is 41.0. The third-order valence-electron chi connectivity index (χ3n) is 12.0. The molecule has 0 fully saturated rings. The number of aromatic nitrogens is 5. The van der Waals surface area contributed by atoms with Crippen molar-refractivity contribution in [3.05, 3.63) is 224 Å². The maximum atomic E-state index is 5.52. The van der Waals surface area contributed by atoms with Crippen LogP contribution in [-0.2, 0) is 0 Å². The maximum Gasteiger partial charge on any atom is 0.238 e. The van der Waals surface area contributed by atoms with E-state index in [-0.39, 0.29) is 0 Å². The third-order valence-corrected chi connectivity index (χ3v) is 12.0. The fraction of sp³-hybridized carbons (Fsp3) is 0. The molecule has 0 saturated heterocycles. The van der Waals surface area contributed by atoms with Crippen LogP contribution in [0.2, 0.25) is 0 Å². The van der Waals surface area contributed by atoms with Crippen LogP contribution in [0.4, 0.5) is 0 Å². The van der Waals surface area contributed by atoms with Gasteiger partial charge in [-0.1, -0.05) is 206 Å². The summed E-state index contributed by atoms with van der Waals surface area (Å²) in [5.41, 5.74) is 13.8. The van der Waals surface area contributed by atoms with Gasteiger partial charge >= 0.3 is 0 Å². The summed E-state index contributed by atoms with van der Waals surface area (Å²) in [6, 6.07) is 79.1. The molecule has 9 aromatic carbocycles. The Morgan fingerprint density at radius 1 is 0.258 bits per heavy atom. The van der Waals surface area contributed by atoms with Crippen molar-refractivity contribution in [3.63, 3.8) is 0 Å². The molecule has 0 unspecified atom stereocenters. The lowest BCUT2D eigenvalue weighted by Gasteiger charge is -2.17. The summed E-state index contributed by atoms with van der Waals surface area (Å²) in [5, 5.41) is 4.57. The molecule has 0 aliphatic carbocycles. The van der Waals surface area contributed by atoms with Crippen molar-refractivity contribution < 1.29 is 0 Å². The van der Waals surface area contributed by atoms with E-state index in [0.717, 1.165) is 88.4 Å². The Bertz CT molecular complexity index is 3520. The molecule has 5 nitrogen and oxygen atoms in total. The van der Waals surface area contributed by atoms with Crippen molar-refractivity contribution in [2.24, 2.45) is 0 Å². The van der Waals surface area contributed by atoms with Gasteiger partial charge in [-0.2, -0.15) is 9.97 Å². The summed E-state index contributed by atoms with van der Waals surface area (Å²) >= 11 is 0. The predicted molar refractivity (Wildman–Crippen MR) is 256 cm³/mol. The van der Waals surface area contributed by atoms with Gasteiger partial charge in [-0.15, -0.1) is 0 Å². The number of nitrogens with zero attached hydrogens (tertiary/aromatic N) is 5. The van der Waals surface area contributed by atoms with Crippen molar-refractivity contribution in [2.45, 2.75) is 0 Å². The number of benzene rings is 9. The minimum absolute atomic E-state index is 0.544. The van der Waals surface area contributed by atoms with Gasteiger partial charge in [-0.3, -0.25) is 4.57 Å². The molecule has 5 heteroatoms. The smallest absolute Gasteiger partial charge is 0.238 e. The summed E-state index contributed by atoms with van der Waals surface area (Å²) in [5.74, 6) is 1.74. The standard InChI is InChI=1S/C57H37N5/c1-4-20-38(21-5-1)41-26-10-12-31-48(41)55-58-56(49-32-13-11-27-42(49)39-22-6-2-7-23-39)60-57(59-55)62-52-35-19-16-30-45(52)47-37-36-46-44-29-15-18-34-51(44)61(53(46)54(47)62)50-33-17-14-28-43(50)40-24-8-3-9-25-40/h1-37H. The zero-order valence-corrected chi connectivity index (χ0v) is 33.6. The highest BCUT2D eigenvalue weighted by Gasteiger charge is 2.25. The number of hydrogen-bond acceptors (Lipinski definition) is 3. The van der Waals surface area contributed by atoms with Crippen molar-refractivity contribution >= 4 is 43.6 Å². The minimum atomic E-state index is 0.544. The van der Waals surface area contributed by atoms with E-state index in [1.54, 1.807) is 0 Å². The van der Waals surface area contributed by atoms with Crippen LogP contribution in [-0.4, -0.2) is 24.1 Å². The van der Waals surface area contributed by atoms with Gasteiger partial charge in [0, 0.05) is 38.2 Å². The lowest BCUT2D eigenvalue weighted by molar-refractivity contribution is 0.954. The molecule has 0 radical (unpaired) electrons. The Labute approximate surface area is 358 Å². The lowest BCUT2D eigenvalue weighted by Crippen LogP contribution is -2.08. The molecular weight excluding hydrogens is 755 g/mol. The largest absolute Gasteiger partial charge is 0.307 e. The number of para-hydroxylation sites is 3. The molecule has 290 valence electrons. The van der Waals surface area contributed by atoms with Crippen LogP contribution in [0.25, 0.3) is 111 Å². The monoisotopic (exact) mass is 791 g/mol. The first kappa shape index (κ1) is 35.5. The van der Waals surface area contributed by atoms with Gasteiger partial charge in [-0.25, -0.2) is 4.98 Å². The summed E-state index contributed by atoms with van der Waals surface area (Å²) in [4.78, 5) is 16.4. The van der Waals surface area contributed by atoms with Gasteiger partial charge in [0.2, 0.25) is 5.95 Å². The molecule has 0 N–H and O–H groups in total. The van der Waals surface area contributed by atoms with E-state index in [4.69, 9.17) is 15.0 Å². The van der Waals surface area contributed by atoms with Crippen LogP contribution in [0.1, 0.15) is 0 Å². The Morgan fingerprint density at radius 3 is 1.15 bits per heavy atom. The molecule has 0 aliphatic rings. The van der Waals surface area contributed by atoms with Crippen molar-refractivity contribution in [1.82, 2.24) is 24.1 Å². The molecule has 62 heavy (non-hydrogen) atoms. The molecule has 0 amide bonds. The number of rotatable bonds is 7.